The SMILES string of the molecule is Cn1nc(CC(O)CS(C)(=O)=O)c2ccccc21. The fraction of sp³-hybridized carbons (Fsp3) is 0.417. The van der Waals surface area contributed by atoms with Gasteiger partial charge in [0.15, 0.2) is 0 Å². The Morgan fingerprint density at radius 1 is 1.39 bits per heavy atom. The number of aliphatic hydroxyl groups is 1. The molecule has 0 amide bonds. The van der Waals surface area contributed by atoms with Crippen LogP contribution >= 0.6 is 0 Å². The standard InChI is InChI=1S/C12H16N2O3S/c1-14-12-6-4-3-5-10(12)11(13-14)7-9(15)8-18(2,16)17/h3-6,9,15H,7-8H2,1-2H3. The molecule has 2 aromatic rings. The molecule has 0 aliphatic carbocycles. The van der Waals surface area contributed by atoms with Crippen molar-refractivity contribution in [3.63, 3.8) is 0 Å². The molecule has 1 heterocycles. The van der Waals surface area contributed by atoms with Crippen molar-refractivity contribution in [2.24, 2.45) is 7.05 Å². The lowest BCUT2D eigenvalue weighted by Gasteiger charge is -2.07. The van der Waals surface area contributed by atoms with Crippen molar-refractivity contribution in [2.45, 2.75) is 12.5 Å². The van der Waals surface area contributed by atoms with Crippen molar-refractivity contribution in [2.75, 3.05) is 12.0 Å². The van der Waals surface area contributed by atoms with E-state index in [1.807, 2.05) is 31.3 Å². The number of benzene rings is 1. The van der Waals surface area contributed by atoms with Crippen LogP contribution in [0.25, 0.3) is 10.9 Å². The number of aromatic nitrogens is 2. The maximum atomic E-state index is 11.1. The van der Waals surface area contributed by atoms with Gasteiger partial charge in [-0.05, 0) is 6.07 Å². The van der Waals surface area contributed by atoms with E-state index in [2.05, 4.69) is 5.10 Å². The van der Waals surface area contributed by atoms with Crippen molar-refractivity contribution < 1.29 is 13.5 Å². The molecule has 0 fully saturated rings. The molecule has 5 nitrogen and oxygen atoms in total. The van der Waals surface area contributed by atoms with Gasteiger partial charge in [0.1, 0.15) is 9.84 Å². The number of nitrogens with zero attached hydrogens (tertiary/aromatic N) is 2. The lowest BCUT2D eigenvalue weighted by Crippen LogP contribution is -2.22. The molecule has 0 saturated heterocycles. The van der Waals surface area contributed by atoms with Crippen molar-refractivity contribution in [1.82, 2.24) is 9.78 Å². The number of hydrogen-bond donors (Lipinski definition) is 1. The highest BCUT2D eigenvalue weighted by Crippen LogP contribution is 2.18. The van der Waals surface area contributed by atoms with Crippen LogP contribution in [-0.2, 0) is 23.3 Å². The van der Waals surface area contributed by atoms with Crippen LogP contribution < -0.4 is 0 Å². The lowest BCUT2D eigenvalue weighted by molar-refractivity contribution is 0.197. The molecule has 1 aromatic carbocycles. The molecule has 0 aliphatic heterocycles. The molecule has 0 radical (unpaired) electrons. The Morgan fingerprint density at radius 3 is 2.72 bits per heavy atom. The minimum absolute atomic E-state index is 0.238. The molecule has 1 atom stereocenters. The van der Waals surface area contributed by atoms with Crippen LogP contribution in [0.3, 0.4) is 0 Å². The Bertz CT molecular complexity index is 661. The molecule has 0 saturated carbocycles. The predicted molar refractivity (Wildman–Crippen MR) is 70.1 cm³/mol. The number of fused-ring (bicyclic) bond motifs is 1. The summed E-state index contributed by atoms with van der Waals surface area (Å²) in [6.45, 7) is 0. The first kappa shape index (κ1) is 13.0. The highest BCUT2D eigenvalue weighted by atomic mass is 32.2. The third-order valence-corrected chi connectivity index (χ3v) is 3.75. The predicted octanol–water partition coefficient (Wildman–Crippen LogP) is 0.521. The number of sulfone groups is 1. The van der Waals surface area contributed by atoms with Crippen molar-refractivity contribution in [3.05, 3.63) is 30.0 Å². The minimum Gasteiger partial charge on any atom is -0.392 e. The van der Waals surface area contributed by atoms with E-state index in [0.29, 0.717) is 0 Å². The van der Waals surface area contributed by atoms with Gasteiger partial charge < -0.3 is 5.11 Å². The summed E-state index contributed by atoms with van der Waals surface area (Å²) in [4.78, 5) is 0. The number of hydrogen-bond acceptors (Lipinski definition) is 4. The number of aliphatic hydroxyl groups excluding tert-OH is 1. The van der Waals surface area contributed by atoms with Crippen LogP contribution in [0, 0.1) is 0 Å². The van der Waals surface area contributed by atoms with Gasteiger partial charge in [-0.1, -0.05) is 18.2 Å². The van der Waals surface area contributed by atoms with E-state index < -0.39 is 15.9 Å². The Labute approximate surface area is 106 Å². The molecule has 1 N–H and O–H groups in total. The third-order valence-electron chi connectivity index (χ3n) is 2.76. The Kier molecular flexibility index (Phi) is 3.41. The normalized spacial score (nSPS) is 13.9. The highest BCUT2D eigenvalue weighted by molar-refractivity contribution is 7.90. The van der Waals surface area contributed by atoms with Gasteiger partial charge in [0.25, 0.3) is 0 Å². The Hall–Kier alpha value is -1.40. The Balaban J connectivity index is 2.27. The van der Waals surface area contributed by atoms with Gasteiger partial charge in [0, 0.05) is 25.1 Å². The van der Waals surface area contributed by atoms with E-state index in [0.717, 1.165) is 22.9 Å². The van der Waals surface area contributed by atoms with E-state index in [4.69, 9.17) is 0 Å². The summed E-state index contributed by atoms with van der Waals surface area (Å²) in [6, 6.07) is 7.68. The van der Waals surface area contributed by atoms with Gasteiger partial charge >= 0.3 is 0 Å². The fourth-order valence-corrected chi connectivity index (χ4v) is 2.89. The average Bonchev–Trinajstić information content (AvgIpc) is 2.54. The van der Waals surface area contributed by atoms with Gasteiger partial charge in [-0.15, -0.1) is 0 Å². The number of aryl methyl sites for hydroxylation is 1. The van der Waals surface area contributed by atoms with E-state index in [9.17, 15) is 13.5 Å². The van der Waals surface area contributed by atoms with Gasteiger partial charge in [-0.25, -0.2) is 8.42 Å². The summed E-state index contributed by atoms with van der Waals surface area (Å²) < 4.78 is 24.0. The van der Waals surface area contributed by atoms with Crippen molar-refractivity contribution >= 4 is 20.7 Å². The van der Waals surface area contributed by atoms with E-state index >= 15 is 0 Å². The second-order valence-corrected chi connectivity index (χ2v) is 6.72. The quantitative estimate of drug-likeness (QED) is 0.877. The van der Waals surface area contributed by atoms with Gasteiger partial charge in [-0.3, -0.25) is 4.68 Å². The average molecular weight is 268 g/mol. The first-order chi connectivity index (χ1) is 8.37. The van der Waals surface area contributed by atoms with Crippen molar-refractivity contribution in [3.8, 4) is 0 Å². The molecule has 98 valence electrons. The molecule has 2 rings (SSSR count). The number of rotatable bonds is 4. The highest BCUT2D eigenvalue weighted by Gasteiger charge is 2.16. The van der Waals surface area contributed by atoms with Gasteiger partial charge in [0.2, 0.25) is 0 Å². The van der Waals surface area contributed by atoms with E-state index in [1.54, 1.807) is 4.68 Å². The van der Waals surface area contributed by atoms with Crippen LogP contribution in [0.5, 0.6) is 0 Å². The minimum atomic E-state index is -3.17. The van der Waals surface area contributed by atoms with Crippen LogP contribution in [0.4, 0.5) is 0 Å². The summed E-state index contributed by atoms with van der Waals surface area (Å²) in [5.74, 6) is -0.238. The number of para-hydroxylation sites is 1. The molecule has 1 unspecified atom stereocenters. The molecule has 18 heavy (non-hydrogen) atoms. The maximum absolute atomic E-state index is 11.1. The smallest absolute Gasteiger partial charge is 0.150 e. The molecule has 0 bridgehead atoms. The molecule has 0 spiro atoms. The second kappa shape index (κ2) is 4.70. The van der Waals surface area contributed by atoms with Crippen LogP contribution in [0.15, 0.2) is 24.3 Å². The molecule has 6 heteroatoms. The first-order valence-electron chi connectivity index (χ1n) is 5.63. The summed E-state index contributed by atoms with van der Waals surface area (Å²) in [6.07, 6.45) is 0.444. The first-order valence-corrected chi connectivity index (χ1v) is 7.69. The van der Waals surface area contributed by atoms with E-state index in [1.165, 1.54) is 0 Å². The lowest BCUT2D eigenvalue weighted by atomic mass is 10.1. The monoisotopic (exact) mass is 268 g/mol. The summed E-state index contributed by atoms with van der Waals surface area (Å²) in [5, 5.41) is 15.1. The van der Waals surface area contributed by atoms with Gasteiger partial charge in [0.05, 0.1) is 23.1 Å². The zero-order chi connectivity index (χ0) is 13.3. The van der Waals surface area contributed by atoms with E-state index in [-0.39, 0.29) is 12.2 Å². The maximum Gasteiger partial charge on any atom is 0.150 e. The zero-order valence-electron chi connectivity index (χ0n) is 10.4. The van der Waals surface area contributed by atoms with Crippen molar-refractivity contribution in [1.29, 1.82) is 0 Å². The summed E-state index contributed by atoms with van der Waals surface area (Å²) >= 11 is 0. The third kappa shape index (κ3) is 2.88. The largest absolute Gasteiger partial charge is 0.392 e. The zero-order valence-corrected chi connectivity index (χ0v) is 11.2. The van der Waals surface area contributed by atoms with Crippen LogP contribution in [0.1, 0.15) is 5.69 Å². The summed E-state index contributed by atoms with van der Waals surface area (Å²) in [7, 11) is -1.35. The molecular formula is C12H16N2O3S. The molecular weight excluding hydrogens is 252 g/mol. The summed E-state index contributed by atoms with van der Waals surface area (Å²) in [5.41, 5.74) is 1.70. The van der Waals surface area contributed by atoms with Crippen LogP contribution in [0.2, 0.25) is 0 Å². The molecule has 0 aliphatic rings. The second-order valence-electron chi connectivity index (χ2n) is 4.54. The van der Waals surface area contributed by atoms with Gasteiger partial charge in [-0.2, -0.15) is 5.10 Å². The molecule has 1 aromatic heterocycles. The fourth-order valence-electron chi connectivity index (χ4n) is 2.07. The topological polar surface area (TPSA) is 72.2 Å². The Morgan fingerprint density at radius 2 is 2.06 bits per heavy atom. The van der Waals surface area contributed by atoms with Crippen LogP contribution in [-0.4, -0.2) is 41.4 Å².